The van der Waals surface area contributed by atoms with Crippen molar-refractivity contribution < 1.29 is 9.53 Å². The molecule has 7 heteroatoms. The van der Waals surface area contributed by atoms with E-state index in [1.54, 1.807) is 36.3 Å². The highest BCUT2D eigenvalue weighted by molar-refractivity contribution is 9.10. The Balaban J connectivity index is 1.81. The summed E-state index contributed by atoms with van der Waals surface area (Å²) in [5, 5.41) is 0.530. The Morgan fingerprint density at radius 3 is 2.82 bits per heavy atom. The standard InChI is InChI=1S/C21H20BrN3O3/c1-3-25(13-19-23-17-7-5-4-6-16(17)21(27)24-19)20(26)11-8-14-12-15(22)9-10-18(14)28-2/h4-12H,3,13H2,1-2H3,(H,23,24,27)/b11-8+. The predicted octanol–water partition coefficient (Wildman–Crippen LogP) is 3.76. The summed E-state index contributed by atoms with van der Waals surface area (Å²) in [6, 6.07) is 12.7. The van der Waals surface area contributed by atoms with E-state index < -0.39 is 0 Å². The molecule has 0 saturated heterocycles. The first-order chi connectivity index (χ1) is 13.5. The molecule has 0 bridgehead atoms. The molecule has 0 radical (unpaired) electrons. The number of halogens is 1. The number of amides is 1. The molecule has 1 amide bonds. The van der Waals surface area contributed by atoms with Gasteiger partial charge in [-0.3, -0.25) is 9.59 Å². The van der Waals surface area contributed by atoms with Crippen LogP contribution in [0.15, 0.2) is 57.8 Å². The van der Waals surface area contributed by atoms with Crippen molar-refractivity contribution in [1.29, 1.82) is 0 Å². The molecule has 0 aliphatic rings. The largest absolute Gasteiger partial charge is 0.496 e. The van der Waals surface area contributed by atoms with Gasteiger partial charge in [-0.15, -0.1) is 0 Å². The van der Waals surface area contributed by atoms with E-state index in [1.165, 1.54) is 6.08 Å². The lowest BCUT2D eigenvalue weighted by atomic mass is 10.2. The summed E-state index contributed by atoms with van der Waals surface area (Å²) in [6.45, 7) is 2.58. The number of fused-ring (bicyclic) bond motifs is 1. The summed E-state index contributed by atoms with van der Waals surface area (Å²) in [4.78, 5) is 33.7. The Morgan fingerprint density at radius 1 is 1.29 bits per heavy atom. The van der Waals surface area contributed by atoms with E-state index in [-0.39, 0.29) is 18.0 Å². The van der Waals surface area contributed by atoms with E-state index in [1.807, 2.05) is 31.2 Å². The fourth-order valence-electron chi connectivity index (χ4n) is 2.84. The fraction of sp³-hybridized carbons (Fsp3) is 0.190. The number of nitrogens with zero attached hydrogens (tertiary/aromatic N) is 2. The molecule has 0 aliphatic carbocycles. The highest BCUT2D eigenvalue weighted by atomic mass is 79.9. The maximum atomic E-state index is 12.7. The van der Waals surface area contributed by atoms with E-state index in [4.69, 9.17) is 4.74 Å². The number of H-pyrrole nitrogens is 1. The van der Waals surface area contributed by atoms with Gasteiger partial charge >= 0.3 is 0 Å². The number of benzene rings is 2. The minimum atomic E-state index is -0.210. The van der Waals surface area contributed by atoms with E-state index in [0.717, 1.165) is 10.0 Å². The number of carbonyl (C=O) groups is 1. The van der Waals surface area contributed by atoms with Crippen LogP contribution in [-0.4, -0.2) is 34.4 Å². The Kier molecular flexibility index (Phi) is 6.26. The maximum Gasteiger partial charge on any atom is 0.258 e. The molecular weight excluding hydrogens is 422 g/mol. The lowest BCUT2D eigenvalue weighted by Gasteiger charge is -2.18. The van der Waals surface area contributed by atoms with Gasteiger partial charge in [-0.2, -0.15) is 0 Å². The Morgan fingerprint density at radius 2 is 2.07 bits per heavy atom. The van der Waals surface area contributed by atoms with Gasteiger partial charge in [0.25, 0.3) is 5.56 Å². The summed E-state index contributed by atoms with van der Waals surface area (Å²) in [6.07, 6.45) is 3.21. The van der Waals surface area contributed by atoms with Crippen LogP contribution in [0.2, 0.25) is 0 Å². The van der Waals surface area contributed by atoms with Crippen LogP contribution >= 0.6 is 15.9 Å². The van der Waals surface area contributed by atoms with Gasteiger partial charge in [0.05, 0.1) is 24.6 Å². The number of hydrogen-bond donors (Lipinski definition) is 1. The number of para-hydroxylation sites is 1. The van der Waals surface area contributed by atoms with Crippen LogP contribution in [0.5, 0.6) is 5.75 Å². The van der Waals surface area contributed by atoms with Crippen molar-refractivity contribution in [1.82, 2.24) is 14.9 Å². The molecule has 144 valence electrons. The number of ether oxygens (including phenoxy) is 1. The second-order valence-electron chi connectivity index (χ2n) is 6.10. The lowest BCUT2D eigenvalue weighted by Crippen LogP contribution is -2.30. The number of rotatable bonds is 6. The summed E-state index contributed by atoms with van der Waals surface area (Å²) in [7, 11) is 1.59. The van der Waals surface area contributed by atoms with Crippen molar-refractivity contribution >= 4 is 38.8 Å². The second-order valence-corrected chi connectivity index (χ2v) is 7.02. The molecule has 1 N–H and O–H groups in total. The average Bonchev–Trinajstić information content (AvgIpc) is 2.70. The van der Waals surface area contributed by atoms with E-state index >= 15 is 0 Å². The fourth-order valence-corrected chi connectivity index (χ4v) is 3.22. The van der Waals surface area contributed by atoms with Gasteiger partial charge in [0.1, 0.15) is 11.6 Å². The van der Waals surface area contributed by atoms with Crippen molar-refractivity contribution in [2.24, 2.45) is 0 Å². The van der Waals surface area contributed by atoms with E-state index in [2.05, 4.69) is 25.9 Å². The zero-order chi connectivity index (χ0) is 20.1. The molecule has 1 aromatic heterocycles. The summed E-state index contributed by atoms with van der Waals surface area (Å²) < 4.78 is 6.22. The van der Waals surface area contributed by atoms with Gasteiger partial charge in [-0.05, 0) is 43.3 Å². The normalized spacial score (nSPS) is 11.1. The number of aromatic amines is 1. The number of methoxy groups -OCH3 is 1. The molecule has 6 nitrogen and oxygen atoms in total. The third-order valence-corrected chi connectivity index (χ3v) is 4.79. The van der Waals surface area contributed by atoms with Crippen LogP contribution in [0, 0.1) is 0 Å². The molecule has 3 aromatic rings. The van der Waals surface area contributed by atoms with Gasteiger partial charge in [0.2, 0.25) is 5.91 Å². The minimum absolute atomic E-state index is 0.180. The molecular formula is C21H20BrN3O3. The average molecular weight is 442 g/mol. The van der Waals surface area contributed by atoms with Gasteiger partial charge in [0, 0.05) is 22.7 Å². The minimum Gasteiger partial charge on any atom is -0.496 e. The van der Waals surface area contributed by atoms with E-state index in [9.17, 15) is 9.59 Å². The number of likely N-dealkylation sites (N-methyl/N-ethyl adjacent to an activating group) is 1. The van der Waals surface area contributed by atoms with Crippen molar-refractivity contribution in [2.45, 2.75) is 13.5 Å². The Hall–Kier alpha value is -2.93. The zero-order valence-electron chi connectivity index (χ0n) is 15.6. The van der Waals surface area contributed by atoms with Crippen LogP contribution in [0.25, 0.3) is 17.0 Å². The van der Waals surface area contributed by atoms with Crippen molar-refractivity contribution in [2.75, 3.05) is 13.7 Å². The monoisotopic (exact) mass is 441 g/mol. The van der Waals surface area contributed by atoms with Crippen LogP contribution < -0.4 is 10.3 Å². The van der Waals surface area contributed by atoms with Gasteiger partial charge in [-0.1, -0.05) is 28.1 Å². The third kappa shape index (κ3) is 4.48. The number of hydrogen-bond acceptors (Lipinski definition) is 4. The highest BCUT2D eigenvalue weighted by Crippen LogP contribution is 2.24. The molecule has 1 heterocycles. The van der Waals surface area contributed by atoms with Crippen LogP contribution in [-0.2, 0) is 11.3 Å². The Labute approximate surface area is 171 Å². The topological polar surface area (TPSA) is 75.3 Å². The summed E-state index contributed by atoms with van der Waals surface area (Å²) in [5.41, 5.74) is 1.19. The molecule has 0 saturated carbocycles. The highest BCUT2D eigenvalue weighted by Gasteiger charge is 2.12. The Bertz CT molecular complexity index is 1090. The van der Waals surface area contributed by atoms with Crippen molar-refractivity contribution in [3.63, 3.8) is 0 Å². The first kappa shape index (κ1) is 19.8. The number of carbonyl (C=O) groups excluding carboxylic acids is 1. The number of aromatic nitrogens is 2. The predicted molar refractivity (Wildman–Crippen MR) is 113 cm³/mol. The molecule has 0 aliphatic heterocycles. The van der Waals surface area contributed by atoms with E-state index in [0.29, 0.717) is 29.0 Å². The summed E-state index contributed by atoms with van der Waals surface area (Å²) in [5.74, 6) is 0.948. The smallest absolute Gasteiger partial charge is 0.258 e. The van der Waals surface area contributed by atoms with Gasteiger partial charge in [0.15, 0.2) is 0 Å². The quantitative estimate of drug-likeness (QED) is 0.590. The molecule has 0 atom stereocenters. The summed E-state index contributed by atoms with van der Waals surface area (Å²) >= 11 is 3.42. The molecule has 2 aromatic carbocycles. The first-order valence-corrected chi connectivity index (χ1v) is 9.59. The van der Waals surface area contributed by atoms with Crippen molar-refractivity contribution in [3.8, 4) is 5.75 Å². The van der Waals surface area contributed by atoms with Crippen LogP contribution in [0.1, 0.15) is 18.3 Å². The molecule has 3 rings (SSSR count). The molecule has 0 unspecified atom stereocenters. The maximum absolute atomic E-state index is 12.7. The molecule has 28 heavy (non-hydrogen) atoms. The lowest BCUT2D eigenvalue weighted by molar-refractivity contribution is -0.126. The first-order valence-electron chi connectivity index (χ1n) is 8.80. The molecule has 0 spiro atoms. The zero-order valence-corrected chi connectivity index (χ0v) is 17.2. The SMILES string of the molecule is CCN(Cc1nc2ccccc2c(=O)[nH]1)C(=O)/C=C/c1cc(Br)ccc1OC. The van der Waals surface area contributed by atoms with Gasteiger partial charge < -0.3 is 14.6 Å². The third-order valence-electron chi connectivity index (χ3n) is 4.29. The van der Waals surface area contributed by atoms with Gasteiger partial charge in [-0.25, -0.2) is 4.98 Å². The number of nitrogens with one attached hydrogen (secondary N) is 1. The second kappa shape index (κ2) is 8.84. The van der Waals surface area contributed by atoms with Crippen LogP contribution in [0.4, 0.5) is 0 Å². The van der Waals surface area contributed by atoms with Crippen LogP contribution in [0.3, 0.4) is 0 Å². The van der Waals surface area contributed by atoms with Crippen molar-refractivity contribution in [3.05, 3.63) is 74.8 Å². The molecule has 0 fully saturated rings.